The van der Waals surface area contributed by atoms with Gasteiger partial charge >= 0.3 is 5.97 Å². The summed E-state index contributed by atoms with van der Waals surface area (Å²) in [5, 5.41) is 8.84. The van der Waals surface area contributed by atoms with E-state index in [2.05, 4.69) is 14.9 Å². The second-order valence-corrected chi connectivity index (χ2v) is 4.64. The van der Waals surface area contributed by atoms with Crippen LogP contribution >= 0.6 is 0 Å². The van der Waals surface area contributed by atoms with Crippen LogP contribution in [0.2, 0.25) is 0 Å². The Morgan fingerprint density at radius 2 is 2.25 bits per heavy atom. The van der Waals surface area contributed by atoms with Crippen LogP contribution in [0, 0.1) is 0 Å². The fourth-order valence-corrected chi connectivity index (χ4v) is 2.23. The van der Waals surface area contributed by atoms with Crippen LogP contribution in [-0.4, -0.2) is 65.3 Å². The van der Waals surface area contributed by atoms with Crippen molar-refractivity contribution in [2.45, 2.75) is 13.3 Å². The van der Waals surface area contributed by atoms with Gasteiger partial charge in [-0.05, 0) is 13.3 Å². The quantitative estimate of drug-likeness (QED) is 0.840. The predicted molar refractivity (Wildman–Crippen MR) is 74.1 cm³/mol. The zero-order chi connectivity index (χ0) is 14.4. The monoisotopic (exact) mass is 280 g/mol. The van der Waals surface area contributed by atoms with Crippen molar-refractivity contribution in [3.8, 4) is 5.88 Å². The summed E-state index contributed by atoms with van der Waals surface area (Å²) >= 11 is 0. The summed E-state index contributed by atoms with van der Waals surface area (Å²) < 4.78 is 5.38. The first-order valence-electron chi connectivity index (χ1n) is 6.84. The number of carboxylic acid groups (broad SMARTS) is 1. The highest BCUT2D eigenvalue weighted by Crippen LogP contribution is 2.14. The fourth-order valence-electron chi connectivity index (χ4n) is 2.23. The van der Waals surface area contributed by atoms with Crippen LogP contribution in [-0.2, 0) is 4.79 Å². The molecule has 110 valence electrons. The van der Waals surface area contributed by atoms with Crippen LogP contribution < -0.4 is 9.64 Å². The average Bonchev–Trinajstić information content (AvgIpc) is 2.64. The van der Waals surface area contributed by atoms with Gasteiger partial charge in [-0.1, -0.05) is 0 Å². The van der Waals surface area contributed by atoms with Gasteiger partial charge in [-0.15, -0.1) is 0 Å². The molecule has 7 heteroatoms. The van der Waals surface area contributed by atoms with E-state index in [-0.39, 0.29) is 6.54 Å². The lowest BCUT2D eigenvalue weighted by molar-refractivity contribution is -0.138. The van der Waals surface area contributed by atoms with Crippen LogP contribution in [0.3, 0.4) is 0 Å². The third-order valence-corrected chi connectivity index (χ3v) is 3.14. The molecule has 0 spiro atoms. The summed E-state index contributed by atoms with van der Waals surface area (Å²) in [6, 6.07) is 1.74. The third kappa shape index (κ3) is 4.06. The Kier molecular flexibility index (Phi) is 5.11. The largest absolute Gasteiger partial charge is 0.480 e. The molecule has 0 saturated carbocycles. The van der Waals surface area contributed by atoms with Crippen molar-refractivity contribution < 1.29 is 14.6 Å². The van der Waals surface area contributed by atoms with Crippen LogP contribution in [0.15, 0.2) is 12.3 Å². The average molecular weight is 280 g/mol. The second-order valence-electron chi connectivity index (χ2n) is 4.64. The number of aliphatic carboxylic acids is 1. The van der Waals surface area contributed by atoms with E-state index in [4.69, 9.17) is 9.84 Å². The number of rotatable bonds is 5. The molecule has 7 nitrogen and oxygen atoms in total. The Morgan fingerprint density at radius 1 is 1.40 bits per heavy atom. The van der Waals surface area contributed by atoms with Crippen molar-refractivity contribution in [1.29, 1.82) is 0 Å². The molecule has 1 saturated heterocycles. The molecule has 0 bridgehead atoms. The molecule has 0 aromatic carbocycles. The van der Waals surface area contributed by atoms with E-state index >= 15 is 0 Å². The Morgan fingerprint density at radius 3 is 3.00 bits per heavy atom. The van der Waals surface area contributed by atoms with Gasteiger partial charge in [0.05, 0.1) is 13.2 Å². The van der Waals surface area contributed by atoms with Gasteiger partial charge in [0.2, 0.25) is 11.8 Å². The molecule has 0 radical (unpaired) electrons. The van der Waals surface area contributed by atoms with Gasteiger partial charge in [0.25, 0.3) is 0 Å². The van der Waals surface area contributed by atoms with Gasteiger partial charge in [-0.2, -0.15) is 4.98 Å². The van der Waals surface area contributed by atoms with Crippen LogP contribution in [0.1, 0.15) is 13.3 Å². The first kappa shape index (κ1) is 14.5. The Balaban J connectivity index is 1.99. The topological polar surface area (TPSA) is 78.8 Å². The maximum absolute atomic E-state index is 10.8. The van der Waals surface area contributed by atoms with Gasteiger partial charge in [0, 0.05) is 38.4 Å². The predicted octanol–water partition coefficient (Wildman–Crippen LogP) is 0.472. The minimum atomic E-state index is -0.784. The lowest BCUT2D eigenvalue weighted by atomic mass is 10.4. The van der Waals surface area contributed by atoms with E-state index in [9.17, 15) is 4.79 Å². The number of aromatic nitrogens is 2. The van der Waals surface area contributed by atoms with Gasteiger partial charge in [0.1, 0.15) is 0 Å². The molecule has 0 atom stereocenters. The Bertz CT molecular complexity index is 455. The summed E-state index contributed by atoms with van der Waals surface area (Å²) in [6.45, 7) is 5.62. The third-order valence-electron chi connectivity index (χ3n) is 3.14. The zero-order valence-corrected chi connectivity index (χ0v) is 11.7. The molecule has 1 aromatic rings. The highest BCUT2D eigenvalue weighted by molar-refractivity contribution is 5.69. The SMILES string of the molecule is CCOc1ccnc(N2CCCN(CC(=O)O)CC2)n1. The van der Waals surface area contributed by atoms with Crippen LogP contribution in [0.4, 0.5) is 5.95 Å². The maximum atomic E-state index is 10.8. The highest BCUT2D eigenvalue weighted by atomic mass is 16.5. The minimum Gasteiger partial charge on any atom is -0.480 e. The maximum Gasteiger partial charge on any atom is 0.317 e. The standard InChI is InChI=1S/C13H20N4O3/c1-2-20-11-4-5-14-13(15-11)17-7-3-6-16(8-9-17)10-12(18)19/h4-5H,2-3,6-10H2,1H3,(H,18,19). The minimum absolute atomic E-state index is 0.0910. The van der Waals surface area contributed by atoms with E-state index in [0.29, 0.717) is 25.0 Å². The first-order chi connectivity index (χ1) is 9.69. The van der Waals surface area contributed by atoms with Crippen molar-refractivity contribution in [2.24, 2.45) is 0 Å². The molecule has 0 unspecified atom stereocenters. The van der Waals surface area contributed by atoms with E-state index in [1.807, 2.05) is 11.8 Å². The fraction of sp³-hybridized carbons (Fsp3) is 0.615. The summed E-state index contributed by atoms with van der Waals surface area (Å²) in [6.07, 6.45) is 2.59. The Hall–Kier alpha value is -1.89. The molecule has 1 aromatic heterocycles. The molecular weight excluding hydrogens is 260 g/mol. The number of carboxylic acids is 1. The zero-order valence-electron chi connectivity index (χ0n) is 11.7. The van der Waals surface area contributed by atoms with Crippen molar-refractivity contribution in [3.63, 3.8) is 0 Å². The molecule has 20 heavy (non-hydrogen) atoms. The molecular formula is C13H20N4O3. The molecule has 2 rings (SSSR count). The summed E-state index contributed by atoms with van der Waals surface area (Å²) in [5.41, 5.74) is 0. The normalized spacial score (nSPS) is 16.8. The van der Waals surface area contributed by atoms with E-state index < -0.39 is 5.97 Å². The Labute approximate surface area is 118 Å². The lowest BCUT2D eigenvalue weighted by Crippen LogP contribution is -2.34. The number of carbonyl (C=O) groups is 1. The van der Waals surface area contributed by atoms with E-state index in [0.717, 1.165) is 26.1 Å². The van der Waals surface area contributed by atoms with Gasteiger partial charge < -0.3 is 14.7 Å². The smallest absolute Gasteiger partial charge is 0.317 e. The molecule has 1 fully saturated rings. The molecule has 0 aliphatic carbocycles. The van der Waals surface area contributed by atoms with Crippen molar-refractivity contribution in [3.05, 3.63) is 12.3 Å². The van der Waals surface area contributed by atoms with E-state index in [1.165, 1.54) is 0 Å². The van der Waals surface area contributed by atoms with Crippen molar-refractivity contribution in [1.82, 2.24) is 14.9 Å². The summed E-state index contributed by atoms with van der Waals surface area (Å²) in [4.78, 5) is 23.4. The van der Waals surface area contributed by atoms with Crippen LogP contribution in [0.5, 0.6) is 5.88 Å². The molecule has 1 aliphatic rings. The molecule has 0 amide bonds. The van der Waals surface area contributed by atoms with E-state index in [1.54, 1.807) is 12.3 Å². The summed E-state index contributed by atoms with van der Waals surface area (Å²) in [5.74, 6) is 0.435. The van der Waals surface area contributed by atoms with Crippen molar-refractivity contribution >= 4 is 11.9 Å². The highest BCUT2D eigenvalue weighted by Gasteiger charge is 2.18. The van der Waals surface area contributed by atoms with Crippen molar-refractivity contribution in [2.75, 3.05) is 44.2 Å². The first-order valence-corrected chi connectivity index (χ1v) is 6.84. The number of nitrogens with zero attached hydrogens (tertiary/aromatic N) is 4. The lowest BCUT2D eigenvalue weighted by Gasteiger charge is -2.21. The number of hydrogen-bond acceptors (Lipinski definition) is 6. The molecule has 1 aliphatic heterocycles. The molecule has 2 heterocycles. The number of ether oxygens (including phenoxy) is 1. The second kappa shape index (κ2) is 7.04. The van der Waals surface area contributed by atoms with Gasteiger partial charge in [-0.3, -0.25) is 9.69 Å². The number of anilines is 1. The number of hydrogen-bond donors (Lipinski definition) is 1. The summed E-state index contributed by atoms with van der Waals surface area (Å²) in [7, 11) is 0. The van der Waals surface area contributed by atoms with Gasteiger partial charge in [-0.25, -0.2) is 4.98 Å². The molecule has 1 N–H and O–H groups in total. The van der Waals surface area contributed by atoms with Gasteiger partial charge in [0.15, 0.2) is 0 Å². The van der Waals surface area contributed by atoms with Crippen LogP contribution in [0.25, 0.3) is 0 Å².